The number of nitrogens with zero attached hydrogens (tertiary/aromatic N) is 12. The normalized spacial score (nSPS) is 11.2. The number of aromatic hydroxyl groups is 1. The number of aromatic nitrogens is 12. The molecule has 0 aliphatic carbocycles. The monoisotopic (exact) mass is 1630 g/mol. The molecule has 0 atom stereocenters. The van der Waals surface area contributed by atoms with Gasteiger partial charge in [-0.3, -0.25) is 0 Å². The zero-order valence-electron chi connectivity index (χ0n) is 61.1. The highest BCUT2D eigenvalue weighted by molar-refractivity contribution is 6.63. The minimum atomic E-state index is -1.47. The number of phenols is 1. The number of halogens is 6. The van der Waals surface area contributed by atoms with Gasteiger partial charge < -0.3 is 24.6 Å². The first-order chi connectivity index (χ1) is 56.6. The molecule has 0 fully saturated rings. The van der Waals surface area contributed by atoms with Gasteiger partial charge in [0.05, 0.1) is 19.8 Å². The highest BCUT2D eigenvalue weighted by Gasteiger charge is 2.22. The van der Waals surface area contributed by atoms with E-state index in [1.807, 2.05) is 109 Å². The van der Waals surface area contributed by atoms with Gasteiger partial charge in [-0.05, 0) is 235 Å². The van der Waals surface area contributed by atoms with Crippen LogP contribution in [0.5, 0.6) is 17.8 Å². The molecule has 24 heteroatoms. The fourth-order valence-electron chi connectivity index (χ4n) is 14.9. The van der Waals surface area contributed by atoms with Crippen LogP contribution in [0.4, 0.5) is 0 Å². The summed E-state index contributed by atoms with van der Waals surface area (Å²) in [6.07, 6.45) is 0. The van der Waals surface area contributed by atoms with Crippen LogP contribution in [-0.4, -0.2) is 96.3 Å². The Balaban J connectivity index is 0.000000108. The average molecular weight is 1630 g/mol. The number of ether oxygens (including phenoxy) is 2. The van der Waals surface area contributed by atoms with Crippen molar-refractivity contribution >= 4 is 211 Å². The highest BCUT2D eigenvalue weighted by atomic mass is 35.5. The summed E-state index contributed by atoms with van der Waals surface area (Å²) in [6, 6.07) is 98.6. The van der Waals surface area contributed by atoms with E-state index >= 15 is 0 Å². The van der Waals surface area contributed by atoms with E-state index in [1.54, 1.807) is 18.2 Å². The van der Waals surface area contributed by atoms with Crippen LogP contribution in [-0.2, 0) is 0 Å². The predicted octanol–water partition coefficient (Wildman–Crippen LogP) is 23.0. The lowest BCUT2D eigenvalue weighted by Crippen LogP contribution is -2.30. The SMILES string of the molecule is COc1nc(-c2ccccc2O)nc(-c2cc3c4ccccc4ccc3c3ccccc23)n1.COc1nc(Cl)nc(-c2cc3c4ccccc4ccc3c3ccccc23)n1.Clc1nc(Cl)nc(-c2cc3c4ccccc4ccc3c3ccccc23)n1.Clc1nc(Cl)nc(Cl)n1.OB(O)c1cc2c3ccccc3ccc2c2ccccc12. The van der Waals surface area contributed by atoms with Crippen molar-refractivity contribution in [1.29, 1.82) is 0 Å². The van der Waals surface area contributed by atoms with Crippen LogP contribution in [0.25, 0.3) is 175 Å². The lowest BCUT2D eigenvalue weighted by Gasteiger charge is -2.13. The number of rotatable bonds is 7. The molecule has 0 amide bonds. The Morgan fingerprint density at radius 2 is 0.474 bits per heavy atom. The Bertz CT molecular complexity index is 7400. The number of hydrogen-bond donors (Lipinski definition) is 3. The Labute approximate surface area is 691 Å². The van der Waals surface area contributed by atoms with E-state index in [0.717, 1.165) is 97.5 Å². The predicted molar refractivity (Wildman–Crippen MR) is 472 cm³/mol. The Kier molecular flexibility index (Phi) is 21.4. The summed E-state index contributed by atoms with van der Waals surface area (Å²) in [6.45, 7) is 0. The van der Waals surface area contributed by atoms with E-state index in [9.17, 15) is 15.2 Å². The number of methoxy groups -OCH3 is 2. The smallest absolute Gasteiger partial charge is 0.489 e. The molecule has 116 heavy (non-hydrogen) atoms. The van der Waals surface area contributed by atoms with E-state index in [2.05, 4.69) is 219 Å². The van der Waals surface area contributed by atoms with Crippen LogP contribution in [0.2, 0.25) is 31.7 Å². The third-order valence-electron chi connectivity index (χ3n) is 19.9. The van der Waals surface area contributed by atoms with Gasteiger partial charge in [0.25, 0.3) is 0 Å². The molecule has 0 spiro atoms. The van der Waals surface area contributed by atoms with E-state index in [4.69, 9.17) is 84.1 Å². The molecule has 17 aromatic carbocycles. The first kappa shape index (κ1) is 75.7. The van der Waals surface area contributed by atoms with Crippen LogP contribution in [0.15, 0.2) is 291 Å². The topological polar surface area (TPSA) is 234 Å². The second kappa shape index (κ2) is 32.9. The van der Waals surface area contributed by atoms with Gasteiger partial charge in [0, 0.05) is 16.7 Å². The molecule has 0 saturated heterocycles. The molecule has 0 unspecified atom stereocenters. The van der Waals surface area contributed by atoms with Gasteiger partial charge in [0.15, 0.2) is 23.3 Å². The van der Waals surface area contributed by atoms with Gasteiger partial charge in [-0.2, -0.15) is 54.8 Å². The molecular weight excluding hydrogens is 1580 g/mol. The molecule has 0 aliphatic rings. The van der Waals surface area contributed by atoms with Crippen molar-refractivity contribution in [3.05, 3.63) is 323 Å². The van der Waals surface area contributed by atoms with E-state index < -0.39 is 7.12 Å². The summed E-state index contributed by atoms with van der Waals surface area (Å²) in [7, 11) is 1.57. The standard InChI is InChI=1S/C28H19N3O2.C22H14ClN3O.C21H11Cl2N3.C18H13BO2.C3Cl3N3/c1-33-28-30-26(22-12-6-7-13-25(22)32)29-27(31-28)24-16-23-18-9-3-2-8-17(18)14-15-21(23)19-10-4-5-11-20(19)24;1-27-22-25-20(24-21(23)26-22)19-12-18-14-7-3-2-6-13(14)10-11-17(18)15-8-4-5-9-16(15)19;22-20-24-19(25-21(23)26-20)18-11-17-13-6-2-1-5-12(13)9-10-16(17)14-7-3-4-8-15(14)18;20-19(21)18-11-17-13-6-2-1-5-12(13)9-10-15(17)14-7-3-4-8-16(14)18;4-1-7-2(5)9-3(6)8-1/h2-16,32H,1H3;2-12H,1H3;1-11H;1-11,20-21H;. The highest BCUT2D eigenvalue weighted by Crippen LogP contribution is 2.42. The van der Waals surface area contributed by atoms with Gasteiger partial charge in [0.2, 0.25) is 31.7 Å². The molecule has 17 nitrogen and oxygen atoms in total. The van der Waals surface area contributed by atoms with Crippen LogP contribution in [0.1, 0.15) is 0 Å². The second-order valence-corrected chi connectivity index (χ2v) is 28.6. The maximum Gasteiger partial charge on any atom is 0.489 e. The van der Waals surface area contributed by atoms with E-state index in [1.165, 1.54) is 62.7 Å². The first-order valence-electron chi connectivity index (χ1n) is 36.2. The zero-order chi connectivity index (χ0) is 79.7. The van der Waals surface area contributed by atoms with Gasteiger partial charge in [0.1, 0.15) is 5.75 Å². The summed E-state index contributed by atoms with van der Waals surface area (Å²) in [4.78, 5) is 49.4. The molecule has 0 radical (unpaired) electrons. The third-order valence-corrected chi connectivity index (χ3v) is 21.0. The number of fused-ring (bicyclic) bond motifs is 20. The third kappa shape index (κ3) is 15.2. The fraction of sp³-hybridized carbons (Fsp3) is 0.0217. The average Bonchev–Trinajstić information content (AvgIpc) is 0.766. The Morgan fingerprint density at radius 1 is 0.224 bits per heavy atom. The molecule has 3 N–H and O–H groups in total. The zero-order valence-corrected chi connectivity index (χ0v) is 65.6. The summed E-state index contributed by atoms with van der Waals surface area (Å²) in [5.74, 6) is 1.92. The lowest BCUT2D eigenvalue weighted by atomic mass is 9.75. The van der Waals surface area contributed by atoms with Crippen molar-refractivity contribution in [2.24, 2.45) is 0 Å². The minimum Gasteiger partial charge on any atom is -0.507 e. The van der Waals surface area contributed by atoms with Gasteiger partial charge in [-0.25, -0.2) is 4.98 Å². The quantitative estimate of drug-likeness (QED) is 0.0994. The van der Waals surface area contributed by atoms with Crippen LogP contribution in [0.3, 0.4) is 0 Å². The van der Waals surface area contributed by atoms with Crippen molar-refractivity contribution in [3.8, 4) is 63.3 Å². The molecule has 21 aromatic rings. The van der Waals surface area contributed by atoms with E-state index in [-0.39, 0.29) is 49.5 Å². The van der Waals surface area contributed by atoms with Gasteiger partial charge in [-0.15, -0.1) is 0 Å². The fourth-order valence-corrected chi connectivity index (χ4v) is 16.0. The summed E-state index contributed by atoms with van der Waals surface area (Å²) in [5.41, 5.74) is 3.74. The number of para-hydroxylation sites is 1. The van der Waals surface area contributed by atoms with Crippen molar-refractivity contribution < 1.29 is 24.6 Å². The molecule has 0 aliphatic heterocycles. The Morgan fingerprint density at radius 3 is 0.828 bits per heavy atom. The van der Waals surface area contributed by atoms with Crippen molar-refractivity contribution in [3.63, 3.8) is 0 Å². The second-order valence-electron chi connectivity index (χ2n) is 26.6. The maximum atomic E-state index is 10.4. The summed E-state index contributed by atoms with van der Waals surface area (Å²) in [5, 5.41) is 57.1. The number of benzene rings is 17. The molecule has 4 heterocycles. The molecule has 21 rings (SSSR count). The molecule has 560 valence electrons. The summed E-state index contributed by atoms with van der Waals surface area (Å²) < 4.78 is 10.6. The van der Waals surface area contributed by atoms with Gasteiger partial charge >= 0.3 is 19.1 Å². The first-order valence-corrected chi connectivity index (χ1v) is 38.4. The van der Waals surface area contributed by atoms with Crippen LogP contribution in [0, 0.1) is 0 Å². The molecule has 0 bridgehead atoms. The van der Waals surface area contributed by atoms with Crippen molar-refractivity contribution in [2.45, 2.75) is 0 Å². The number of hydrogen-bond acceptors (Lipinski definition) is 17. The molecule has 4 aromatic heterocycles. The van der Waals surface area contributed by atoms with Crippen molar-refractivity contribution in [1.82, 2.24) is 59.8 Å². The lowest BCUT2D eigenvalue weighted by molar-refractivity contribution is 0.378. The van der Waals surface area contributed by atoms with Crippen LogP contribution >= 0.6 is 69.6 Å². The largest absolute Gasteiger partial charge is 0.507 e. The van der Waals surface area contributed by atoms with Crippen molar-refractivity contribution in [2.75, 3.05) is 14.2 Å². The maximum absolute atomic E-state index is 10.4. The molecule has 0 saturated carbocycles. The summed E-state index contributed by atoms with van der Waals surface area (Å²) >= 11 is 34.1. The van der Waals surface area contributed by atoms with E-state index in [0.29, 0.717) is 34.3 Å². The van der Waals surface area contributed by atoms with Crippen LogP contribution < -0.4 is 14.9 Å². The Hall–Kier alpha value is -13.0. The molecular formula is C92H57BCl6N12O5. The number of phenolic OH excluding ortho intramolecular Hbond substituents is 1. The van der Waals surface area contributed by atoms with Gasteiger partial charge in [-0.1, -0.05) is 261 Å². The minimum absolute atomic E-state index is 0.000000000000000444.